The van der Waals surface area contributed by atoms with Gasteiger partial charge in [-0.3, -0.25) is 5.43 Å². The van der Waals surface area contributed by atoms with E-state index in [2.05, 4.69) is 31.1 Å². The van der Waals surface area contributed by atoms with Crippen LogP contribution in [0.5, 0.6) is 0 Å². The number of rotatable bonds is 11. The van der Waals surface area contributed by atoms with Crippen molar-refractivity contribution < 1.29 is 16.8 Å². The number of hydrazone groups is 1. The number of hydrogen-bond acceptors (Lipinski definition) is 10. The van der Waals surface area contributed by atoms with Gasteiger partial charge in [0.1, 0.15) is 5.82 Å². The van der Waals surface area contributed by atoms with Crippen molar-refractivity contribution in [2.75, 3.05) is 28.9 Å². The number of benzene rings is 3. The SMILES string of the molecule is CC(=NNc1cc(NCCc2ccc(S(N)(=O)=O)cc2)nc(Nc2ccccc2)n1)c1ccc(S(C)(=O)=O)cc1. The largest absolute Gasteiger partial charge is 0.370 e. The zero-order valence-electron chi connectivity index (χ0n) is 21.9. The Morgan fingerprint density at radius 1 is 0.850 bits per heavy atom. The molecular weight excluding hydrogens is 550 g/mol. The zero-order chi connectivity index (χ0) is 28.8. The highest BCUT2D eigenvalue weighted by Gasteiger charge is 2.09. The van der Waals surface area contributed by atoms with Crippen LogP contribution >= 0.6 is 0 Å². The molecule has 40 heavy (non-hydrogen) atoms. The van der Waals surface area contributed by atoms with Crippen molar-refractivity contribution in [2.45, 2.75) is 23.1 Å². The van der Waals surface area contributed by atoms with E-state index in [-0.39, 0.29) is 9.79 Å². The van der Waals surface area contributed by atoms with Crippen LogP contribution in [0, 0.1) is 0 Å². The van der Waals surface area contributed by atoms with Gasteiger partial charge in [-0.25, -0.2) is 22.0 Å². The van der Waals surface area contributed by atoms with Crippen LogP contribution in [0.25, 0.3) is 0 Å². The molecule has 13 heteroatoms. The second-order valence-electron chi connectivity index (χ2n) is 8.92. The zero-order valence-corrected chi connectivity index (χ0v) is 23.5. The maximum Gasteiger partial charge on any atom is 0.238 e. The van der Waals surface area contributed by atoms with Gasteiger partial charge in [0, 0.05) is 24.6 Å². The molecule has 3 aromatic carbocycles. The van der Waals surface area contributed by atoms with Crippen LogP contribution in [0.1, 0.15) is 18.1 Å². The summed E-state index contributed by atoms with van der Waals surface area (Å²) in [5, 5.41) is 16.0. The van der Waals surface area contributed by atoms with Crippen LogP contribution < -0.4 is 21.2 Å². The average Bonchev–Trinajstić information content (AvgIpc) is 2.92. The molecule has 5 N–H and O–H groups in total. The highest BCUT2D eigenvalue weighted by atomic mass is 32.2. The van der Waals surface area contributed by atoms with Gasteiger partial charge in [0.25, 0.3) is 0 Å². The number of aromatic nitrogens is 2. The molecule has 0 bridgehead atoms. The molecule has 0 spiro atoms. The summed E-state index contributed by atoms with van der Waals surface area (Å²) in [6.45, 7) is 2.32. The number of hydrogen-bond donors (Lipinski definition) is 4. The van der Waals surface area contributed by atoms with Gasteiger partial charge in [-0.05, 0) is 60.9 Å². The fourth-order valence-electron chi connectivity index (χ4n) is 3.63. The van der Waals surface area contributed by atoms with E-state index in [0.29, 0.717) is 36.3 Å². The molecule has 0 saturated heterocycles. The van der Waals surface area contributed by atoms with Crippen molar-refractivity contribution in [1.82, 2.24) is 9.97 Å². The van der Waals surface area contributed by atoms with Gasteiger partial charge in [-0.2, -0.15) is 15.1 Å². The first-order valence-electron chi connectivity index (χ1n) is 12.1. The Kier molecular flexibility index (Phi) is 8.77. The van der Waals surface area contributed by atoms with E-state index in [1.54, 1.807) is 49.4 Å². The Balaban J connectivity index is 1.50. The number of sulfone groups is 1. The fourth-order valence-corrected chi connectivity index (χ4v) is 4.78. The normalized spacial score (nSPS) is 12.1. The second-order valence-corrected chi connectivity index (χ2v) is 12.5. The van der Waals surface area contributed by atoms with Gasteiger partial charge < -0.3 is 10.6 Å². The van der Waals surface area contributed by atoms with E-state index in [1.165, 1.54) is 12.1 Å². The highest BCUT2D eigenvalue weighted by molar-refractivity contribution is 7.90. The van der Waals surface area contributed by atoms with Crippen molar-refractivity contribution in [3.63, 3.8) is 0 Å². The Bertz CT molecular complexity index is 1710. The van der Waals surface area contributed by atoms with Crippen LogP contribution in [0.4, 0.5) is 23.3 Å². The molecule has 0 aliphatic heterocycles. The third kappa shape index (κ3) is 8.09. The molecular formula is C27H29N7O4S2. The second kappa shape index (κ2) is 12.2. The molecule has 0 fully saturated rings. The lowest BCUT2D eigenvalue weighted by Crippen LogP contribution is -2.12. The topological polar surface area (TPSA) is 169 Å². The van der Waals surface area contributed by atoms with Gasteiger partial charge in [0.2, 0.25) is 16.0 Å². The first kappa shape index (κ1) is 28.7. The van der Waals surface area contributed by atoms with Crippen molar-refractivity contribution >= 4 is 48.8 Å². The minimum absolute atomic E-state index is 0.0644. The van der Waals surface area contributed by atoms with Gasteiger partial charge >= 0.3 is 0 Å². The fraction of sp³-hybridized carbons (Fsp3) is 0.148. The smallest absolute Gasteiger partial charge is 0.238 e. The Hall–Kier alpha value is -4.33. The van der Waals surface area contributed by atoms with E-state index in [9.17, 15) is 16.8 Å². The van der Waals surface area contributed by atoms with E-state index in [4.69, 9.17) is 5.14 Å². The summed E-state index contributed by atoms with van der Waals surface area (Å²) >= 11 is 0. The van der Waals surface area contributed by atoms with Crippen LogP contribution in [-0.2, 0) is 26.3 Å². The number of nitrogens with one attached hydrogen (secondary N) is 3. The Morgan fingerprint density at radius 2 is 1.48 bits per heavy atom. The summed E-state index contributed by atoms with van der Waals surface area (Å²) in [6, 6.07) is 24.1. The van der Waals surface area contributed by atoms with Crippen molar-refractivity contribution in [2.24, 2.45) is 10.2 Å². The molecule has 1 heterocycles. The van der Waals surface area contributed by atoms with E-state index < -0.39 is 19.9 Å². The van der Waals surface area contributed by atoms with Gasteiger partial charge in [0.15, 0.2) is 15.7 Å². The van der Waals surface area contributed by atoms with Gasteiger partial charge in [-0.15, -0.1) is 0 Å². The minimum atomic E-state index is -3.74. The quantitative estimate of drug-likeness (QED) is 0.153. The van der Waals surface area contributed by atoms with Crippen molar-refractivity contribution in [1.29, 1.82) is 0 Å². The van der Waals surface area contributed by atoms with Crippen molar-refractivity contribution in [3.8, 4) is 0 Å². The average molecular weight is 580 g/mol. The lowest BCUT2D eigenvalue weighted by molar-refractivity contribution is 0.597. The molecule has 1 aromatic heterocycles. The van der Waals surface area contributed by atoms with E-state index >= 15 is 0 Å². The predicted molar refractivity (Wildman–Crippen MR) is 157 cm³/mol. The summed E-state index contributed by atoms with van der Waals surface area (Å²) in [7, 11) is -7.02. The molecule has 0 radical (unpaired) electrons. The number of sulfonamides is 1. The number of primary sulfonamides is 1. The summed E-state index contributed by atoms with van der Waals surface area (Å²) in [5.41, 5.74) is 6.08. The van der Waals surface area contributed by atoms with Crippen molar-refractivity contribution in [3.05, 3.63) is 96.1 Å². The number of nitrogens with zero attached hydrogens (tertiary/aromatic N) is 3. The maximum atomic E-state index is 11.7. The van der Waals surface area contributed by atoms with Crippen LogP contribution in [0.15, 0.2) is 99.8 Å². The van der Waals surface area contributed by atoms with Gasteiger partial charge in [0.05, 0.1) is 15.5 Å². The number of para-hydroxylation sites is 1. The van der Waals surface area contributed by atoms with Crippen LogP contribution in [0.2, 0.25) is 0 Å². The van der Waals surface area contributed by atoms with E-state index in [0.717, 1.165) is 23.1 Å². The molecule has 4 aromatic rings. The van der Waals surface area contributed by atoms with Crippen LogP contribution in [-0.4, -0.2) is 45.3 Å². The molecule has 208 valence electrons. The minimum Gasteiger partial charge on any atom is -0.370 e. The summed E-state index contributed by atoms with van der Waals surface area (Å²) in [5.74, 6) is 1.32. The molecule has 0 amide bonds. The maximum absolute atomic E-state index is 11.7. The van der Waals surface area contributed by atoms with Crippen LogP contribution in [0.3, 0.4) is 0 Å². The number of nitrogens with two attached hydrogens (primary N) is 1. The monoisotopic (exact) mass is 579 g/mol. The predicted octanol–water partition coefficient (Wildman–Crippen LogP) is 3.76. The van der Waals surface area contributed by atoms with E-state index in [1.807, 2.05) is 30.3 Å². The summed E-state index contributed by atoms with van der Waals surface area (Å²) in [4.78, 5) is 9.36. The molecule has 0 atom stereocenters. The standard InChI is InChI=1S/C27H29N7O4S2/c1-19(21-10-14-23(15-11-21)39(2,35)36)33-34-26-18-25(31-27(32-26)30-22-6-4-3-5-7-22)29-17-16-20-8-12-24(13-9-20)40(28,37)38/h3-15,18H,16-17H2,1-2H3,(H2,28,37,38)(H3,29,30,31,32,34). The third-order valence-electron chi connectivity index (χ3n) is 5.77. The molecule has 0 aliphatic carbocycles. The molecule has 11 nitrogen and oxygen atoms in total. The lowest BCUT2D eigenvalue weighted by atomic mass is 10.1. The summed E-state index contributed by atoms with van der Waals surface area (Å²) < 4.78 is 46.4. The first-order valence-corrected chi connectivity index (χ1v) is 15.6. The first-order chi connectivity index (χ1) is 19.0. The highest BCUT2D eigenvalue weighted by Crippen LogP contribution is 2.19. The molecule has 0 aliphatic rings. The lowest BCUT2D eigenvalue weighted by Gasteiger charge is -2.12. The molecule has 0 unspecified atom stereocenters. The van der Waals surface area contributed by atoms with Gasteiger partial charge in [-0.1, -0.05) is 42.5 Å². The number of anilines is 4. The third-order valence-corrected chi connectivity index (χ3v) is 7.82. The Morgan fingerprint density at radius 3 is 2.10 bits per heavy atom. The molecule has 4 rings (SSSR count). The summed E-state index contributed by atoms with van der Waals surface area (Å²) in [6.07, 6.45) is 1.77. The Labute approximate surface area is 233 Å². The molecule has 0 saturated carbocycles.